The number of halogens is 2. The molecule has 1 aliphatic heterocycles. The molecule has 0 spiro atoms. The molecule has 1 N–H and O–H groups in total. The fourth-order valence-corrected chi connectivity index (χ4v) is 4.24. The fourth-order valence-electron chi connectivity index (χ4n) is 4.24. The van der Waals surface area contributed by atoms with Crippen molar-refractivity contribution in [2.45, 2.75) is 19.6 Å². The topological polar surface area (TPSA) is 70.4 Å². The molecule has 186 valence electrons. The number of carbonyl (C=O) groups excluding carboxylic acids is 3. The Morgan fingerprint density at radius 1 is 0.811 bits per heavy atom. The third-order valence-corrected chi connectivity index (χ3v) is 6.06. The number of benzene rings is 3. The smallest absolute Gasteiger partial charge is 0.261 e. The number of aromatic nitrogens is 1. The maximum Gasteiger partial charge on any atom is 0.261 e. The maximum absolute atomic E-state index is 13.4. The van der Waals surface area contributed by atoms with Gasteiger partial charge in [-0.05, 0) is 48.0 Å². The first-order valence-electron chi connectivity index (χ1n) is 11.5. The number of hydrogen-bond donors (Lipinski definition) is 1. The van der Waals surface area contributed by atoms with Gasteiger partial charge in [0.1, 0.15) is 5.82 Å². The van der Waals surface area contributed by atoms with Gasteiger partial charge in [0.2, 0.25) is 0 Å². The SMILES string of the molecule is O=C(NCc1ccc[n+](Cc2cccc(F)c2)c1)c1ccc(CN2C(=O)c3ccccc3C2=O)cc1.[Cl-]. The van der Waals surface area contributed by atoms with E-state index in [1.54, 1.807) is 54.6 Å². The lowest BCUT2D eigenvalue weighted by Crippen LogP contribution is -3.00. The number of nitrogens with zero attached hydrogens (tertiary/aromatic N) is 2. The van der Waals surface area contributed by atoms with E-state index in [1.165, 1.54) is 17.0 Å². The summed E-state index contributed by atoms with van der Waals surface area (Å²) in [5.41, 5.74) is 3.81. The Kier molecular flexibility index (Phi) is 7.74. The van der Waals surface area contributed by atoms with Crippen molar-refractivity contribution in [1.82, 2.24) is 10.2 Å². The third-order valence-electron chi connectivity index (χ3n) is 6.06. The van der Waals surface area contributed by atoms with Gasteiger partial charge < -0.3 is 17.7 Å². The molecule has 0 saturated heterocycles. The van der Waals surface area contributed by atoms with Crippen LogP contribution in [-0.2, 0) is 19.6 Å². The molecule has 1 aromatic heterocycles. The summed E-state index contributed by atoms with van der Waals surface area (Å²) in [6.07, 6.45) is 3.81. The highest BCUT2D eigenvalue weighted by atomic mass is 35.5. The highest BCUT2D eigenvalue weighted by Crippen LogP contribution is 2.24. The van der Waals surface area contributed by atoms with Crippen molar-refractivity contribution >= 4 is 17.7 Å². The second-order valence-electron chi connectivity index (χ2n) is 8.64. The van der Waals surface area contributed by atoms with Crippen LogP contribution in [0.1, 0.15) is 47.8 Å². The largest absolute Gasteiger partial charge is 1.00 e. The number of nitrogens with one attached hydrogen (secondary N) is 1. The van der Waals surface area contributed by atoms with E-state index in [1.807, 2.05) is 35.2 Å². The van der Waals surface area contributed by atoms with Gasteiger partial charge in [-0.2, -0.15) is 0 Å². The van der Waals surface area contributed by atoms with Crippen LogP contribution < -0.4 is 22.3 Å². The maximum atomic E-state index is 13.4. The Morgan fingerprint density at radius 3 is 2.16 bits per heavy atom. The first-order valence-corrected chi connectivity index (χ1v) is 11.5. The minimum absolute atomic E-state index is 0. The highest BCUT2D eigenvalue weighted by molar-refractivity contribution is 6.21. The lowest BCUT2D eigenvalue weighted by atomic mass is 10.1. The van der Waals surface area contributed by atoms with Gasteiger partial charge in [-0.15, -0.1) is 0 Å². The van der Waals surface area contributed by atoms with E-state index in [4.69, 9.17) is 0 Å². The average molecular weight is 516 g/mol. The molecule has 3 amide bonds. The van der Waals surface area contributed by atoms with Gasteiger partial charge in [-0.3, -0.25) is 19.3 Å². The first-order chi connectivity index (χ1) is 17.5. The van der Waals surface area contributed by atoms with E-state index in [0.717, 1.165) is 16.7 Å². The zero-order valence-electron chi connectivity index (χ0n) is 19.7. The second-order valence-corrected chi connectivity index (χ2v) is 8.64. The predicted octanol–water partition coefficient (Wildman–Crippen LogP) is 0.892. The van der Waals surface area contributed by atoms with Gasteiger partial charge in [-0.1, -0.05) is 36.4 Å². The van der Waals surface area contributed by atoms with Crippen molar-refractivity contribution in [2.24, 2.45) is 0 Å². The van der Waals surface area contributed by atoms with Crippen molar-refractivity contribution < 1.29 is 35.7 Å². The molecule has 0 aliphatic carbocycles. The number of imide groups is 1. The Morgan fingerprint density at radius 2 is 1.49 bits per heavy atom. The van der Waals surface area contributed by atoms with Gasteiger partial charge in [0, 0.05) is 29.3 Å². The molecular weight excluding hydrogens is 493 g/mol. The van der Waals surface area contributed by atoms with Crippen molar-refractivity contribution in [2.75, 3.05) is 0 Å². The summed E-state index contributed by atoms with van der Waals surface area (Å²) in [6, 6.07) is 23.9. The summed E-state index contributed by atoms with van der Waals surface area (Å²) in [6.45, 7) is 0.997. The predicted molar refractivity (Wildman–Crippen MR) is 130 cm³/mol. The summed E-state index contributed by atoms with van der Waals surface area (Å²) in [5.74, 6) is -1.13. The molecule has 0 bridgehead atoms. The summed E-state index contributed by atoms with van der Waals surface area (Å²) < 4.78 is 15.4. The van der Waals surface area contributed by atoms with Crippen LogP contribution in [0.3, 0.4) is 0 Å². The van der Waals surface area contributed by atoms with E-state index in [2.05, 4.69) is 5.32 Å². The standard InChI is InChI=1S/C29H22FN3O3.ClH/c30-24-7-3-5-21(15-24)17-32-14-4-6-22(18-32)16-31-27(34)23-12-10-20(11-13-23)19-33-28(35)25-8-1-2-9-26(25)29(33)36;/h1-15,18H,16-17,19H2;1H. The molecule has 3 aromatic carbocycles. The van der Waals surface area contributed by atoms with Crippen LogP contribution in [0.5, 0.6) is 0 Å². The number of carbonyl (C=O) groups is 3. The van der Waals surface area contributed by atoms with Crippen LogP contribution in [0.25, 0.3) is 0 Å². The lowest BCUT2D eigenvalue weighted by molar-refractivity contribution is -0.688. The van der Waals surface area contributed by atoms with E-state index >= 15 is 0 Å². The van der Waals surface area contributed by atoms with Crippen LogP contribution >= 0.6 is 0 Å². The minimum atomic E-state index is -0.310. The molecule has 2 heterocycles. The first kappa shape index (κ1) is 25.7. The summed E-state index contributed by atoms with van der Waals surface area (Å²) in [7, 11) is 0. The van der Waals surface area contributed by atoms with Crippen LogP contribution in [-0.4, -0.2) is 22.6 Å². The van der Waals surface area contributed by atoms with Gasteiger partial charge in [0.25, 0.3) is 17.7 Å². The molecule has 0 radical (unpaired) electrons. The van der Waals surface area contributed by atoms with Crippen LogP contribution in [0.2, 0.25) is 0 Å². The average Bonchev–Trinajstić information content (AvgIpc) is 3.13. The van der Waals surface area contributed by atoms with Crippen molar-refractivity contribution in [3.8, 4) is 0 Å². The lowest BCUT2D eigenvalue weighted by Gasteiger charge is -2.14. The van der Waals surface area contributed by atoms with E-state index in [9.17, 15) is 18.8 Å². The summed E-state index contributed by atoms with van der Waals surface area (Å²) in [4.78, 5) is 39.0. The molecule has 0 unspecified atom stereocenters. The van der Waals surface area contributed by atoms with Crippen molar-refractivity contribution in [3.63, 3.8) is 0 Å². The third kappa shape index (κ3) is 5.73. The Labute approximate surface area is 219 Å². The molecule has 0 saturated carbocycles. The van der Waals surface area contributed by atoms with Gasteiger partial charge in [-0.25, -0.2) is 8.96 Å². The number of pyridine rings is 1. The number of amides is 3. The quantitative estimate of drug-likeness (QED) is 0.294. The molecule has 1 aliphatic rings. The molecule has 0 fully saturated rings. The zero-order valence-corrected chi connectivity index (χ0v) is 20.5. The van der Waals surface area contributed by atoms with E-state index < -0.39 is 0 Å². The zero-order chi connectivity index (χ0) is 25.1. The Hall–Kier alpha value is -4.36. The summed E-state index contributed by atoms with van der Waals surface area (Å²) in [5, 5.41) is 2.90. The van der Waals surface area contributed by atoms with Gasteiger partial charge in [0.05, 0.1) is 17.7 Å². The van der Waals surface area contributed by atoms with Crippen LogP contribution in [0.4, 0.5) is 4.39 Å². The normalized spacial score (nSPS) is 12.2. The Balaban J connectivity index is 0.00000320. The Bertz CT molecular complexity index is 1440. The van der Waals surface area contributed by atoms with Gasteiger partial charge >= 0.3 is 0 Å². The van der Waals surface area contributed by atoms with Crippen molar-refractivity contribution in [3.05, 3.63) is 137 Å². The molecule has 5 rings (SSSR count). The molecule has 37 heavy (non-hydrogen) atoms. The number of rotatable bonds is 7. The molecule has 0 atom stereocenters. The highest BCUT2D eigenvalue weighted by Gasteiger charge is 2.34. The molecular formula is C29H23ClFN3O3. The van der Waals surface area contributed by atoms with Crippen molar-refractivity contribution in [1.29, 1.82) is 0 Å². The molecule has 6 nitrogen and oxygen atoms in total. The second kappa shape index (κ2) is 11.1. The van der Waals surface area contributed by atoms with Crippen LogP contribution in [0.15, 0.2) is 97.3 Å². The van der Waals surface area contributed by atoms with Gasteiger partial charge in [0.15, 0.2) is 18.9 Å². The van der Waals surface area contributed by atoms with E-state index in [0.29, 0.717) is 29.8 Å². The number of fused-ring (bicyclic) bond motifs is 1. The fraction of sp³-hybridized carbons (Fsp3) is 0.103. The summed E-state index contributed by atoms with van der Waals surface area (Å²) >= 11 is 0. The minimum Gasteiger partial charge on any atom is -1.00 e. The molecule has 8 heteroatoms. The monoisotopic (exact) mass is 515 g/mol. The van der Waals surface area contributed by atoms with Crippen LogP contribution in [0, 0.1) is 5.82 Å². The van der Waals surface area contributed by atoms with E-state index in [-0.39, 0.29) is 42.5 Å². The molecule has 4 aromatic rings. The number of hydrogen-bond acceptors (Lipinski definition) is 3.